The normalized spacial score (nSPS) is 15.4. The number of ether oxygens (including phenoxy) is 3. The number of benzene rings is 1. The van der Waals surface area contributed by atoms with E-state index < -0.39 is 11.2 Å². The molecule has 1 amide bonds. The van der Waals surface area contributed by atoms with Crippen LogP contribution in [0.25, 0.3) is 6.08 Å². The average Bonchev–Trinajstić information content (AvgIpc) is 3.35. The number of methoxy groups -OCH3 is 1. The van der Waals surface area contributed by atoms with E-state index in [0.29, 0.717) is 37.8 Å². The smallest absolute Gasteiger partial charge is 0.330 e. The summed E-state index contributed by atoms with van der Waals surface area (Å²) in [5.41, 5.74) is 0.224. The molecule has 0 saturated carbocycles. The van der Waals surface area contributed by atoms with Crippen molar-refractivity contribution in [3.63, 3.8) is 0 Å². The van der Waals surface area contributed by atoms with Crippen molar-refractivity contribution in [1.29, 1.82) is 0 Å². The van der Waals surface area contributed by atoms with E-state index in [1.807, 2.05) is 12.1 Å². The highest BCUT2D eigenvalue weighted by Crippen LogP contribution is 2.29. The minimum absolute atomic E-state index is 0.0418. The van der Waals surface area contributed by atoms with Gasteiger partial charge in [0.05, 0.1) is 18.8 Å². The maximum atomic E-state index is 13.2. The van der Waals surface area contributed by atoms with E-state index in [4.69, 9.17) is 14.2 Å². The number of aromatic nitrogens is 2. The molecule has 1 aliphatic rings. The van der Waals surface area contributed by atoms with Crippen LogP contribution in [0.5, 0.6) is 11.5 Å². The lowest BCUT2D eigenvalue weighted by molar-refractivity contribution is -0.128. The first-order valence-electron chi connectivity index (χ1n) is 11.1. The van der Waals surface area contributed by atoms with Crippen LogP contribution in [0.1, 0.15) is 24.0 Å². The van der Waals surface area contributed by atoms with E-state index in [-0.39, 0.29) is 17.6 Å². The lowest BCUT2D eigenvalue weighted by Crippen LogP contribution is -2.38. The highest BCUT2D eigenvalue weighted by Gasteiger charge is 2.22. The Morgan fingerprint density at radius 2 is 2.09 bits per heavy atom. The Morgan fingerprint density at radius 1 is 1.29 bits per heavy atom. The monoisotopic (exact) mass is 469 g/mol. The molecule has 0 bridgehead atoms. The van der Waals surface area contributed by atoms with E-state index in [1.54, 1.807) is 31.2 Å². The van der Waals surface area contributed by atoms with Gasteiger partial charge in [0, 0.05) is 46.1 Å². The van der Waals surface area contributed by atoms with E-state index in [2.05, 4.69) is 6.58 Å². The topological polar surface area (TPSA) is 92.0 Å². The lowest BCUT2D eigenvalue weighted by Gasteiger charge is -2.25. The van der Waals surface area contributed by atoms with Crippen LogP contribution >= 0.6 is 0 Å². The lowest BCUT2D eigenvalue weighted by atomic mass is 10.1. The van der Waals surface area contributed by atoms with E-state index in [9.17, 15) is 14.4 Å². The third-order valence-electron chi connectivity index (χ3n) is 5.60. The summed E-state index contributed by atoms with van der Waals surface area (Å²) < 4.78 is 19.1. The Kier molecular flexibility index (Phi) is 8.48. The van der Waals surface area contributed by atoms with Gasteiger partial charge < -0.3 is 23.7 Å². The van der Waals surface area contributed by atoms with Gasteiger partial charge in [-0.3, -0.25) is 14.2 Å². The first-order valence-corrected chi connectivity index (χ1v) is 11.1. The van der Waals surface area contributed by atoms with Gasteiger partial charge in [-0.25, -0.2) is 4.79 Å². The van der Waals surface area contributed by atoms with E-state index >= 15 is 0 Å². The van der Waals surface area contributed by atoms with Crippen molar-refractivity contribution in [2.24, 2.45) is 14.1 Å². The third-order valence-corrected chi connectivity index (χ3v) is 5.60. The van der Waals surface area contributed by atoms with Crippen molar-refractivity contribution in [2.75, 3.05) is 26.9 Å². The SMILES string of the molecule is C=CCOc1ccc(CN(CC2CCCO2)C(=O)/C=C/c2cn(C)c(=O)n(C)c2=O)cc1OC. The number of hydrogen-bond donors (Lipinski definition) is 0. The summed E-state index contributed by atoms with van der Waals surface area (Å²) in [5, 5.41) is 0. The molecular weight excluding hydrogens is 438 g/mol. The van der Waals surface area contributed by atoms with Gasteiger partial charge >= 0.3 is 5.69 Å². The van der Waals surface area contributed by atoms with Crippen molar-refractivity contribution in [3.05, 3.63) is 75.1 Å². The quantitative estimate of drug-likeness (QED) is 0.390. The molecular formula is C25H31N3O6. The Bertz CT molecular complexity index is 1170. The zero-order chi connectivity index (χ0) is 24.7. The summed E-state index contributed by atoms with van der Waals surface area (Å²) in [6, 6.07) is 5.51. The summed E-state index contributed by atoms with van der Waals surface area (Å²) in [6.45, 7) is 5.43. The predicted molar refractivity (Wildman–Crippen MR) is 129 cm³/mol. The fraction of sp³-hybridized carbons (Fsp3) is 0.400. The van der Waals surface area contributed by atoms with Crippen LogP contribution in [0.4, 0.5) is 0 Å². The van der Waals surface area contributed by atoms with Gasteiger partial charge in [0.2, 0.25) is 5.91 Å². The molecule has 1 saturated heterocycles. The summed E-state index contributed by atoms with van der Waals surface area (Å²) in [5.74, 6) is 0.888. The number of carbonyl (C=O) groups excluding carboxylic acids is 1. The highest BCUT2D eigenvalue weighted by atomic mass is 16.5. The molecule has 34 heavy (non-hydrogen) atoms. The molecule has 0 N–H and O–H groups in total. The highest BCUT2D eigenvalue weighted by molar-refractivity contribution is 5.91. The predicted octanol–water partition coefficient (Wildman–Crippen LogP) is 1.88. The van der Waals surface area contributed by atoms with Gasteiger partial charge in [0.1, 0.15) is 6.61 Å². The number of nitrogens with zero attached hydrogens (tertiary/aromatic N) is 3. The second-order valence-electron chi connectivity index (χ2n) is 8.11. The van der Waals surface area contributed by atoms with Gasteiger partial charge in [0.25, 0.3) is 5.56 Å². The van der Waals surface area contributed by atoms with Crippen LogP contribution in [-0.4, -0.2) is 52.9 Å². The van der Waals surface area contributed by atoms with E-state index in [1.165, 1.54) is 30.0 Å². The standard InChI is InChI=1S/C25H31N3O6/c1-5-12-34-21-10-8-18(14-22(21)32-4)15-28(17-20-7-6-13-33-20)23(29)11-9-19-16-26(2)25(31)27(3)24(19)30/h5,8-11,14,16,20H,1,6-7,12-13,15,17H2,2-4H3/b11-9+. The summed E-state index contributed by atoms with van der Waals surface area (Å²) in [4.78, 5) is 39.1. The molecule has 2 heterocycles. The van der Waals surface area contributed by atoms with Crippen LogP contribution in [0.2, 0.25) is 0 Å². The second kappa shape index (κ2) is 11.5. The number of carbonyl (C=O) groups is 1. The summed E-state index contributed by atoms with van der Waals surface area (Å²) >= 11 is 0. The van der Waals surface area contributed by atoms with Crippen molar-refractivity contribution in [3.8, 4) is 11.5 Å². The van der Waals surface area contributed by atoms with Crippen molar-refractivity contribution >= 4 is 12.0 Å². The molecule has 2 aromatic rings. The van der Waals surface area contributed by atoms with Crippen molar-refractivity contribution in [1.82, 2.24) is 14.0 Å². The molecule has 1 aliphatic heterocycles. The van der Waals surface area contributed by atoms with Gasteiger partial charge in [-0.15, -0.1) is 0 Å². The van der Waals surface area contributed by atoms with Gasteiger partial charge in [-0.2, -0.15) is 0 Å². The molecule has 9 heteroatoms. The molecule has 1 atom stereocenters. The van der Waals surface area contributed by atoms with Crippen LogP contribution in [-0.2, 0) is 30.2 Å². The molecule has 1 unspecified atom stereocenters. The Hall–Kier alpha value is -3.59. The van der Waals surface area contributed by atoms with Crippen LogP contribution in [0.3, 0.4) is 0 Å². The molecule has 0 spiro atoms. The second-order valence-corrected chi connectivity index (χ2v) is 8.11. The molecule has 1 aromatic heterocycles. The zero-order valence-electron chi connectivity index (χ0n) is 19.9. The zero-order valence-corrected chi connectivity index (χ0v) is 19.9. The molecule has 1 fully saturated rings. The van der Waals surface area contributed by atoms with Gasteiger partial charge in [0.15, 0.2) is 11.5 Å². The van der Waals surface area contributed by atoms with Gasteiger partial charge in [-0.1, -0.05) is 18.7 Å². The number of amides is 1. The first kappa shape index (κ1) is 25.0. The van der Waals surface area contributed by atoms with Crippen molar-refractivity contribution in [2.45, 2.75) is 25.5 Å². The van der Waals surface area contributed by atoms with Crippen LogP contribution in [0, 0.1) is 0 Å². The Labute approximate surface area is 198 Å². The third kappa shape index (κ3) is 6.05. The number of hydrogen-bond acceptors (Lipinski definition) is 6. The van der Waals surface area contributed by atoms with E-state index in [0.717, 1.165) is 23.0 Å². The molecule has 0 aliphatic carbocycles. The molecule has 1 aromatic carbocycles. The van der Waals surface area contributed by atoms with Crippen molar-refractivity contribution < 1.29 is 19.0 Å². The summed E-state index contributed by atoms with van der Waals surface area (Å²) in [6.07, 6.45) is 7.67. The maximum Gasteiger partial charge on any atom is 0.330 e. The minimum Gasteiger partial charge on any atom is -0.493 e. The molecule has 182 valence electrons. The fourth-order valence-corrected chi connectivity index (χ4v) is 3.78. The number of rotatable bonds is 10. The first-order chi connectivity index (χ1) is 16.3. The summed E-state index contributed by atoms with van der Waals surface area (Å²) in [7, 11) is 4.52. The maximum absolute atomic E-state index is 13.2. The Balaban J connectivity index is 1.84. The van der Waals surface area contributed by atoms with Gasteiger partial charge in [-0.05, 0) is 36.6 Å². The minimum atomic E-state index is -0.460. The van der Waals surface area contributed by atoms with Crippen LogP contribution < -0.4 is 20.7 Å². The Morgan fingerprint density at radius 3 is 2.76 bits per heavy atom. The largest absolute Gasteiger partial charge is 0.493 e. The fourth-order valence-electron chi connectivity index (χ4n) is 3.78. The molecule has 3 rings (SSSR count). The van der Waals surface area contributed by atoms with Crippen LogP contribution in [0.15, 0.2) is 52.7 Å². The number of aryl methyl sites for hydroxylation is 1. The average molecular weight is 470 g/mol. The molecule has 9 nitrogen and oxygen atoms in total. The molecule has 0 radical (unpaired) electrons.